The van der Waals surface area contributed by atoms with E-state index in [9.17, 15) is 18.3 Å². The summed E-state index contributed by atoms with van der Waals surface area (Å²) in [5, 5.41) is 15.0. The van der Waals surface area contributed by atoms with Gasteiger partial charge in [0.1, 0.15) is 0 Å². The van der Waals surface area contributed by atoms with E-state index in [1.165, 1.54) is 0 Å². The Morgan fingerprint density at radius 3 is 2.72 bits per heavy atom. The van der Waals surface area contributed by atoms with Crippen molar-refractivity contribution in [3.8, 4) is 0 Å². The number of hydrogen-bond acceptors (Lipinski definition) is 5. The second-order valence-electron chi connectivity index (χ2n) is 5.02. The second-order valence-corrected chi connectivity index (χ2v) is 7.25. The van der Waals surface area contributed by atoms with E-state index < -0.39 is 15.9 Å². The van der Waals surface area contributed by atoms with Gasteiger partial charge in [0.25, 0.3) is 0 Å². The molecule has 7 heteroatoms. The summed E-state index contributed by atoms with van der Waals surface area (Å²) < 4.78 is 22.8. The molecule has 1 aliphatic rings. The van der Waals surface area contributed by atoms with Gasteiger partial charge in [-0.1, -0.05) is 0 Å². The number of amides is 1. The Morgan fingerprint density at radius 1 is 1.50 bits per heavy atom. The van der Waals surface area contributed by atoms with Crippen molar-refractivity contribution in [2.45, 2.75) is 44.9 Å². The van der Waals surface area contributed by atoms with E-state index in [2.05, 4.69) is 10.6 Å². The molecule has 18 heavy (non-hydrogen) atoms. The fraction of sp³-hybridized carbons (Fsp3) is 0.909. The quantitative estimate of drug-likeness (QED) is 0.602. The Kier molecular flexibility index (Phi) is 5.55. The van der Waals surface area contributed by atoms with Crippen LogP contribution in [0.1, 0.15) is 26.7 Å². The fourth-order valence-corrected chi connectivity index (χ4v) is 3.57. The molecule has 1 fully saturated rings. The van der Waals surface area contributed by atoms with E-state index in [1.807, 2.05) is 6.92 Å². The van der Waals surface area contributed by atoms with E-state index in [1.54, 1.807) is 6.92 Å². The zero-order valence-electron chi connectivity index (χ0n) is 10.8. The first-order chi connectivity index (χ1) is 8.28. The molecule has 1 rings (SSSR count). The molecule has 0 bridgehead atoms. The average Bonchev–Trinajstić information content (AvgIpc) is 2.13. The van der Waals surface area contributed by atoms with Crippen LogP contribution in [0.2, 0.25) is 0 Å². The minimum absolute atomic E-state index is 0.0191. The van der Waals surface area contributed by atoms with Gasteiger partial charge in [0, 0.05) is 25.0 Å². The fourth-order valence-electron chi connectivity index (χ4n) is 2.13. The van der Waals surface area contributed by atoms with E-state index in [0.29, 0.717) is 13.0 Å². The number of sulfone groups is 1. The third-order valence-corrected chi connectivity index (χ3v) is 4.57. The van der Waals surface area contributed by atoms with Crippen molar-refractivity contribution in [2.75, 3.05) is 18.1 Å². The third-order valence-electron chi connectivity index (χ3n) is 2.84. The predicted octanol–water partition coefficient (Wildman–Crippen LogP) is -0.961. The van der Waals surface area contributed by atoms with Gasteiger partial charge >= 0.3 is 0 Å². The first kappa shape index (κ1) is 15.4. The topological polar surface area (TPSA) is 95.5 Å². The lowest BCUT2D eigenvalue weighted by atomic mass is 10.1. The lowest BCUT2D eigenvalue weighted by molar-refractivity contribution is -0.122. The van der Waals surface area contributed by atoms with Crippen molar-refractivity contribution >= 4 is 15.7 Å². The molecular formula is C11H22N2O4S. The maximum absolute atomic E-state index is 11.7. The molecule has 3 atom stereocenters. The molecule has 0 aromatic rings. The molecule has 0 spiro atoms. The van der Waals surface area contributed by atoms with Gasteiger partial charge in [0.15, 0.2) is 9.84 Å². The monoisotopic (exact) mass is 278 g/mol. The molecule has 3 unspecified atom stereocenters. The second kappa shape index (κ2) is 6.49. The maximum atomic E-state index is 11.7. The average molecular weight is 278 g/mol. The standard InChI is InChI=1S/C11H22N2O4S/c1-8(5-9(2)14)13-11(15)6-10-7-18(16,17)4-3-12-10/h8-10,12,14H,3-7H2,1-2H3,(H,13,15). The van der Waals surface area contributed by atoms with Gasteiger partial charge in [-0.2, -0.15) is 0 Å². The van der Waals surface area contributed by atoms with Gasteiger partial charge in [0.05, 0.1) is 17.6 Å². The summed E-state index contributed by atoms with van der Waals surface area (Å²) in [5.41, 5.74) is 0. The summed E-state index contributed by atoms with van der Waals surface area (Å²) >= 11 is 0. The number of hydrogen-bond donors (Lipinski definition) is 3. The highest BCUT2D eigenvalue weighted by Crippen LogP contribution is 2.05. The summed E-state index contributed by atoms with van der Waals surface area (Å²) in [6.07, 6.45) is 0.180. The van der Waals surface area contributed by atoms with Crippen LogP contribution in [-0.2, 0) is 14.6 Å². The molecule has 6 nitrogen and oxygen atoms in total. The lowest BCUT2D eigenvalue weighted by Crippen LogP contribution is -2.48. The smallest absolute Gasteiger partial charge is 0.221 e. The Bertz CT molecular complexity index is 381. The normalized spacial score (nSPS) is 26.3. The molecule has 0 radical (unpaired) electrons. The van der Waals surface area contributed by atoms with Gasteiger partial charge in [-0.3, -0.25) is 4.79 Å². The lowest BCUT2D eigenvalue weighted by Gasteiger charge is -2.24. The van der Waals surface area contributed by atoms with Crippen LogP contribution in [0.5, 0.6) is 0 Å². The molecule has 1 aliphatic heterocycles. The van der Waals surface area contributed by atoms with Gasteiger partial charge < -0.3 is 15.7 Å². The van der Waals surface area contributed by atoms with Crippen molar-refractivity contribution in [1.29, 1.82) is 0 Å². The van der Waals surface area contributed by atoms with Crippen molar-refractivity contribution in [2.24, 2.45) is 0 Å². The van der Waals surface area contributed by atoms with Crippen LogP contribution in [0.3, 0.4) is 0 Å². The molecule has 0 aromatic heterocycles. The number of carbonyl (C=O) groups excluding carboxylic acids is 1. The SMILES string of the molecule is CC(O)CC(C)NC(=O)CC1CS(=O)(=O)CCN1. The molecule has 1 saturated heterocycles. The van der Waals surface area contributed by atoms with Crippen LogP contribution in [0, 0.1) is 0 Å². The van der Waals surface area contributed by atoms with E-state index in [4.69, 9.17) is 0 Å². The summed E-state index contributed by atoms with van der Waals surface area (Å²) in [4.78, 5) is 11.7. The van der Waals surface area contributed by atoms with Crippen molar-refractivity contribution < 1.29 is 18.3 Å². The minimum atomic E-state index is -3.01. The molecule has 3 N–H and O–H groups in total. The zero-order chi connectivity index (χ0) is 13.8. The van der Waals surface area contributed by atoms with Gasteiger partial charge in [0.2, 0.25) is 5.91 Å². The van der Waals surface area contributed by atoms with Gasteiger partial charge in [-0.15, -0.1) is 0 Å². The van der Waals surface area contributed by atoms with Crippen LogP contribution in [-0.4, -0.2) is 55.7 Å². The van der Waals surface area contributed by atoms with E-state index in [0.717, 1.165) is 0 Å². The third kappa shape index (κ3) is 5.79. The summed E-state index contributed by atoms with van der Waals surface area (Å²) in [7, 11) is -3.01. The first-order valence-electron chi connectivity index (χ1n) is 6.20. The Hall–Kier alpha value is -0.660. The number of rotatable bonds is 5. The van der Waals surface area contributed by atoms with Crippen LogP contribution in [0.15, 0.2) is 0 Å². The molecule has 1 heterocycles. The summed E-state index contributed by atoms with van der Waals surface area (Å²) in [6.45, 7) is 3.89. The molecule has 0 aromatic carbocycles. The molecule has 106 valence electrons. The summed E-state index contributed by atoms with van der Waals surface area (Å²) in [6, 6.07) is -0.416. The van der Waals surface area contributed by atoms with E-state index in [-0.39, 0.29) is 35.9 Å². The van der Waals surface area contributed by atoms with Crippen LogP contribution in [0.25, 0.3) is 0 Å². The number of carbonyl (C=O) groups is 1. The first-order valence-corrected chi connectivity index (χ1v) is 8.02. The Labute approximate surface area is 108 Å². The minimum Gasteiger partial charge on any atom is -0.393 e. The Balaban J connectivity index is 2.36. The van der Waals surface area contributed by atoms with Crippen LogP contribution < -0.4 is 10.6 Å². The number of nitrogens with one attached hydrogen (secondary N) is 2. The molecule has 1 amide bonds. The highest BCUT2D eigenvalue weighted by atomic mass is 32.2. The van der Waals surface area contributed by atoms with Gasteiger partial charge in [-0.05, 0) is 20.3 Å². The summed E-state index contributed by atoms with van der Waals surface area (Å²) in [5.74, 6) is -0.0212. The predicted molar refractivity (Wildman–Crippen MR) is 69.0 cm³/mol. The van der Waals surface area contributed by atoms with Crippen molar-refractivity contribution in [3.05, 3.63) is 0 Å². The highest BCUT2D eigenvalue weighted by molar-refractivity contribution is 7.91. The molecule has 0 saturated carbocycles. The maximum Gasteiger partial charge on any atom is 0.221 e. The largest absolute Gasteiger partial charge is 0.393 e. The zero-order valence-corrected chi connectivity index (χ0v) is 11.7. The Morgan fingerprint density at radius 2 is 2.17 bits per heavy atom. The number of aliphatic hydroxyl groups excluding tert-OH is 1. The molecule has 0 aliphatic carbocycles. The highest BCUT2D eigenvalue weighted by Gasteiger charge is 2.26. The van der Waals surface area contributed by atoms with Crippen molar-refractivity contribution in [3.63, 3.8) is 0 Å². The van der Waals surface area contributed by atoms with E-state index >= 15 is 0 Å². The van der Waals surface area contributed by atoms with Crippen LogP contribution in [0.4, 0.5) is 0 Å². The molecular weight excluding hydrogens is 256 g/mol. The van der Waals surface area contributed by atoms with Crippen molar-refractivity contribution in [1.82, 2.24) is 10.6 Å². The number of aliphatic hydroxyl groups is 1. The van der Waals surface area contributed by atoms with Crippen LogP contribution >= 0.6 is 0 Å². The van der Waals surface area contributed by atoms with Gasteiger partial charge in [-0.25, -0.2) is 8.42 Å².